The third-order valence-corrected chi connectivity index (χ3v) is 5.04. The monoisotopic (exact) mass is 451 g/mol. The Morgan fingerprint density at radius 1 is 1.25 bits per heavy atom. The topological polar surface area (TPSA) is 140 Å². The van der Waals surface area contributed by atoms with E-state index >= 15 is 0 Å². The van der Waals surface area contributed by atoms with Gasteiger partial charge in [-0.2, -0.15) is 0 Å². The predicted molar refractivity (Wildman–Crippen MR) is 124 cm³/mol. The van der Waals surface area contributed by atoms with Gasteiger partial charge >= 0.3 is 5.97 Å². The van der Waals surface area contributed by atoms with E-state index in [1.54, 1.807) is 6.92 Å². The molecule has 0 saturated heterocycles. The van der Waals surface area contributed by atoms with Gasteiger partial charge in [0.2, 0.25) is 0 Å². The maximum Gasteiger partial charge on any atom is 0.316 e. The summed E-state index contributed by atoms with van der Waals surface area (Å²) >= 11 is 0. The van der Waals surface area contributed by atoms with Gasteiger partial charge in [0, 0.05) is 18.5 Å². The van der Waals surface area contributed by atoms with Crippen LogP contribution in [0.1, 0.15) is 31.4 Å². The van der Waals surface area contributed by atoms with E-state index in [1.165, 1.54) is 6.92 Å². The standard InChI is InChI=1S/C23H39N4O5/c1-17(2)20(29)32-16-23(3,15-28)21(30)31-14-19-9-7-18(8-10-19)13-27(4,5)12-6-11-26-22(24)25/h7-10,20,28-29H,1,6,11-16H2,2-5H3,(H4,24,25,26)/q+1. The first-order valence-corrected chi connectivity index (χ1v) is 10.6. The summed E-state index contributed by atoms with van der Waals surface area (Å²) in [6, 6.07) is 7.85. The van der Waals surface area contributed by atoms with E-state index < -0.39 is 24.3 Å². The summed E-state index contributed by atoms with van der Waals surface area (Å²) in [5, 5.41) is 19.3. The van der Waals surface area contributed by atoms with Crippen molar-refractivity contribution in [1.29, 1.82) is 0 Å². The second kappa shape index (κ2) is 12.5. The number of benzene rings is 1. The van der Waals surface area contributed by atoms with Crippen LogP contribution >= 0.6 is 0 Å². The SMILES string of the molecule is C=C(C)C(O)OCC(C)(CO)C(=O)OCc1ccc(C[N+](C)(C)CCCN=C(N)N)cc1. The van der Waals surface area contributed by atoms with Crippen molar-refractivity contribution in [2.45, 2.75) is 39.7 Å². The molecular formula is C23H39N4O5+. The summed E-state index contributed by atoms with van der Waals surface area (Å²) in [6.07, 6.45) is -0.314. The number of hydrogen-bond acceptors (Lipinski definition) is 6. The van der Waals surface area contributed by atoms with E-state index in [2.05, 4.69) is 25.7 Å². The average Bonchev–Trinajstić information content (AvgIpc) is 2.73. The molecule has 6 N–H and O–H groups in total. The van der Waals surface area contributed by atoms with Crippen molar-refractivity contribution in [3.8, 4) is 0 Å². The Morgan fingerprint density at radius 2 is 1.84 bits per heavy atom. The van der Waals surface area contributed by atoms with Gasteiger partial charge in [-0.1, -0.05) is 30.8 Å². The average molecular weight is 452 g/mol. The van der Waals surface area contributed by atoms with Crippen molar-refractivity contribution < 1.29 is 29.0 Å². The molecule has 0 saturated carbocycles. The highest BCUT2D eigenvalue weighted by Crippen LogP contribution is 2.21. The van der Waals surface area contributed by atoms with Crippen LogP contribution in [0.3, 0.4) is 0 Å². The normalized spacial score (nSPS) is 14.3. The van der Waals surface area contributed by atoms with Gasteiger partial charge < -0.3 is 35.6 Å². The maximum atomic E-state index is 12.5. The molecule has 32 heavy (non-hydrogen) atoms. The Hall–Kier alpha value is -2.46. The first kappa shape index (κ1) is 27.6. The molecule has 0 aliphatic rings. The van der Waals surface area contributed by atoms with E-state index in [-0.39, 0.29) is 19.2 Å². The maximum absolute atomic E-state index is 12.5. The molecule has 2 atom stereocenters. The highest BCUT2D eigenvalue weighted by atomic mass is 16.6. The molecule has 0 aliphatic heterocycles. The number of quaternary nitrogens is 1. The number of rotatable bonds is 14. The van der Waals surface area contributed by atoms with Crippen LogP contribution in [0.15, 0.2) is 41.4 Å². The quantitative estimate of drug-likeness (QED) is 0.0626. The Bertz CT molecular complexity index is 775. The fraction of sp³-hybridized carbons (Fsp3) is 0.565. The molecule has 0 aromatic heterocycles. The summed E-state index contributed by atoms with van der Waals surface area (Å²) in [6.45, 7) is 8.52. The lowest BCUT2D eigenvalue weighted by molar-refractivity contribution is -0.903. The molecule has 0 bridgehead atoms. The number of ether oxygens (including phenoxy) is 2. The van der Waals surface area contributed by atoms with E-state index in [1.807, 2.05) is 24.3 Å². The van der Waals surface area contributed by atoms with Crippen molar-refractivity contribution in [2.24, 2.45) is 21.9 Å². The number of guanidine groups is 1. The van der Waals surface area contributed by atoms with Gasteiger partial charge in [0.1, 0.15) is 18.6 Å². The van der Waals surface area contributed by atoms with Gasteiger partial charge in [-0.25, -0.2) is 0 Å². The van der Waals surface area contributed by atoms with E-state index in [0.717, 1.165) is 35.1 Å². The molecular weight excluding hydrogens is 412 g/mol. The molecule has 1 rings (SSSR count). The van der Waals surface area contributed by atoms with Crippen molar-refractivity contribution in [1.82, 2.24) is 0 Å². The predicted octanol–water partition coefficient (Wildman–Crippen LogP) is 0.879. The molecule has 0 spiro atoms. The second-order valence-electron chi connectivity index (χ2n) is 9.10. The third-order valence-electron chi connectivity index (χ3n) is 5.04. The number of carbonyl (C=O) groups excluding carboxylic acids is 1. The van der Waals surface area contributed by atoms with Crippen LogP contribution in [0.2, 0.25) is 0 Å². The van der Waals surface area contributed by atoms with Crippen LogP contribution in [0.5, 0.6) is 0 Å². The number of nitrogens with zero attached hydrogens (tertiary/aromatic N) is 2. The second-order valence-corrected chi connectivity index (χ2v) is 9.10. The van der Waals surface area contributed by atoms with Crippen LogP contribution in [0, 0.1) is 5.41 Å². The molecule has 2 unspecified atom stereocenters. The summed E-state index contributed by atoms with van der Waals surface area (Å²) < 4.78 is 11.4. The van der Waals surface area contributed by atoms with Crippen LogP contribution in [0.4, 0.5) is 0 Å². The molecule has 180 valence electrons. The minimum Gasteiger partial charge on any atom is -0.460 e. The number of aliphatic hydroxyl groups excluding tert-OH is 2. The number of aliphatic imine (C=N–C) groups is 1. The Morgan fingerprint density at radius 3 is 2.38 bits per heavy atom. The summed E-state index contributed by atoms with van der Waals surface area (Å²) in [7, 11) is 4.29. The Kier molecular flexibility index (Phi) is 10.8. The van der Waals surface area contributed by atoms with Crippen LogP contribution < -0.4 is 11.5 Å². The number of hydrogen-bond donors (Lipinski definition) is 4. The zero-order chi connectivity index (χ0) is 24.4. The van der Waals surface area contributed by atoms with Gasteiger partial charge in [0.15, 0.2) is 12.2 Å². The summed E-state index contributed by atoms with van der Waals surface area (Å²) in [5.74, 6) is -0.487. The molecule has 9 heteroatoms. The minimum atomic E-state index is -1.28. The highest BCUT2D eigenvalue weighted by molar-refractivity contribution is 5.76. The lowest BCUT2D eigenvalue weighted by atomic mass is 9.93. The summed E-state index contributed by atoms with van der Waals surface area (Å²) in [5.41, 5.74) is 11.8. The lowest BCUT2D eigenvalue weighted by Crippen LogP contribution is -2.40. The fourth-order valence-electron chi connectivity index (χ4n) is 2.92. The van der Waals surface area contributed by atoms with Gasteiger partial charge in [0.05, 0.1) is 33.9 Å². The van der Waals surface area contributed by atoms with Gasteiger partial charge in [-0.3, -0.25) is 9.79 Å². The molecule has 0 fully saturated rings. The smallest absolute Gasteiger partial charge is 0.316 e. The largest absolute Gasteiger partial charge is 0.460 e. The first-order valence-electron chi connectivity index (χ1n) is 10.6. The fourth-order valence-corrected chi connectivity index (χ4v) is 2.92. The molecule has 0 heterocycles. The Labute approximate surface area is 190 Å². The molecule has 1 aromatic carbocycles. The number of carbonyl (C=O) groups is 1. The zero-order valence-electron chi connectivity index (χ0n) is 19.7. The number of nitrogens with two attached hydrogens (primary N) is 2. The van der Waals surface area contributed by atoms with Gasteiger partial charge in [0.25, 0.3) is 0 Å². The van der Waals surface area contributed by atoms with E-state index in [4.69, 9.17) is 20.9 Å². The number of aliphatic hydroxyl groups is 2. The molecule has 9 nitrogen and oxygen atoms in total. The highest BCUT2D eigenvalue weighted by Gasteiger charge is 2.35. The molecule has 0 aliphatic carbocycles. The van der Waals surface area contributed by atoms with Crippen molar-refractivity contribution in [3.05, 3.63) is 47.5 Å². The lowest BCUT2D eigenvalue weighted by Gasteiger charge is -2.29. The number of esters is 1. The minimum absolute atomic E-state index is 0.0779. The van der Waals surface area contributed by atoms with Crippen LogP contribution in [0.25, 0.3) is 0 Å². The first-order chi connectivity index (χ1) is 14.9. The molecule has 1 aromatic rings. The summed E-state index contributed by atoms with van der Waals surface area (Å²) in [4.78, 5) is 16.5. The molecule has 0 amide bonds. The van der Waals surface area contributed by atoms with Crippen LogP contribution in [-0.2, 0) is 27.4 Å². The Balaban J connectivity index is 2.58. The zero-order valence-corrected chi connectivity index (χ0v) is 19.7. The third kappa shape index (κ3) is 9.78. The van der Waals surface area contributed by atoms with E-state index in [0.29, 0.717) is 12.1 Å². The van der Waals surface area contributed by atoms with Gasteiger partial charge in [-0.15, -0.1) is 0 Å². The van der Waals surface area contributed by atoms with Crippen molar-refractivity contribution in [2.75, 3.05) is 40.4 Å². The van der Waals surface area contributed by atoms with Crippen LogP contribution in [-0.4, -0.2) is 73.3 Å². The van der Waals surface area contributed by atoms with Crippen molar-refractivity contribution >= 4 is 11.9 Å². The van der Waals surface area contributed by atoms with Crippen molar-refractivity contribution in [3.63, 3.8) is 0 Å². The molecule has 0 radical (unpaired) electrons. The van der Waals surface area contributed by atoms with E-state index in [9.17, 15) is 15.0 Å². The van der Waals surface area contributed by atoms with Gasteiger partial charge in [-0.05, 0) is 25.0 Å².